The predicted octanol–water partition coefficient (Wildman–Crippen LogP) is 3.50. The number of alkyl carbamates (subject to hydrolysis) is 1. The second kappa shape index (κ2) is 5.23. The van der Waals surface area contributed by atoms with Crippen molar-refractivity contribution in [3.05, 3.63) is 41.6 Å². The molecule has 0 spiro atoms. The Hall–Kier alpha value is -1.48. The molecule has 4 heteroatoms. The predicted molar refractivity (Wildman–Crippen MR) is 67.5 cm³/mol. The molecule has 1 amide bonds. The zero-order valence-corrected chi connectivity index (χ0v) is 10.3. The fourth-order valence-electron chi connectivity index (χ4n) is 1.81. The van der Waals surface area contributed by atoms with Crippen molar-refractivity contribution in [1.82, 2.24) is 5.32 Å². The van der Waals surface area contributed by atoms with Crippen molar-refractivity contribution in [3.63, 3.8) is 0 Å². The summed E-state index contributed by atoms with van der Waals surface area (Å²) in [4.78, 5) is 11.2. The van der Waals surface area contributed by atoms with Gasteiger partial charge in [-0.15, -0.1) is 0 Å². The van der Waals surface area contributed by atoms with Crippen LogP contribution in [0.25, 0.3) is 5.03 Å². The van der Waals surface area contributed by atoms with Gasteiger partial charge in [0.1, 0.15) is 6.10 Å². The topological polar surface area (TPSA) is 38.3 Å². The quantitative estimate of drug-likeness (QED) is 0.893. The molecule has 1 fully saturated rings. The van der Waals surface area contributed by atoms with Crippen LogP contribution >= 0.6 is 11.6 Å². The number of carbonyl (C=O) groups excluding carboxylic acids is 1. The third kappa shape index (κ3) is 2.61. The van der Waals surface area contributed by atoms with Gasteiger partial charge in [0.25, 0.3) is 0 Å². The molecule has 3 nitrogen and oxygen atoms in total. The van der Waals surface area contributed by atoms with Crippen LogP contribution in [0, 0.1) is 0 Å². The van der Waals surface area contributed by atoms with Crippen molar-refractivity contribution in [2.45, 2.75) is 25.9 Å². The van der Waals surface area contributed by atoms with Gasteiger partial charge in [0.15, 0.2) is 0 Å². The second-order valence-corrected chi connectivity index (χ2v) is 4.28. The fraction of sp³-hybridized carbons (Fsp3) is 0.308. The SMILES string of the molecule is CCCC1OC(=O)N/C1=C(/Cl)c1ccccc1. The molecule has 1 aromatic rings. The maximum absolute atomic E-state index is 11.2. The highest BCUT2D eigenvalue weighted by atomic mass is 35.5. The first-order chi connectivity index (χ1) is 8.22. The van der Waals surface area contributed by atoms with Crippen LogP contribution in [0.4, 0.5) is 4.79 Å². The zero-order chi connectivity index (χ0) is 12.3. The largest absolute Gasteiger partial charge is 0.440 e. The molecule has 1 N–H and O–H groups in total. The normalized spacial score (nSPS) is 22.0. The molecule has 0 aliphatic carbocycles. The molecule has 1 saturated heterocycles. The number of ether oxygens (including phenoxy) is 1. The number of halogens is 1. The molecule has 90 valence electrons. The summed E-state index contributed by atoms with van der Waals surface area (Å²) in [5.41, 5.74) is 1.56. The van der Waals surface area contributed by atoms with Crippen LogP contribution in [0.2, 0.25) is 0 Å². The third-order valence-electron chi connectivity index (χ3n) is 2.62. The van der Waals surface area contributed by atoms with Crippen LogP contribution in [0.3, 0.4) is 0 Å². The first-order valence-corrected chi connectivity index (χ1v) is 6.03. The standard InChI is InChI=1S/C13H14ClNO2/c1-2-6-10-12(15-13(16)17-10)11(14)9-7-4-3-5-8-9/h3-5,7-8,10H,2,6H2,1H3,(H,15,16)/b12-11+. The number of nitrogens with one attached hydrogen (secondary N) is 1. The van der Waals surface area contributed by atoms with E-state index >= 15 is 0 Å². The summed E-state index contributed by atoms with van der Waals surface area (Å²) in [6.45, 7) is 2.04. The van der Waals surface area contributed by atoms with E-state index in [-0.39, 0.29) is 6.10 Å². The Morgan fingerprint density at radius 3 is 2.76 bits per heavy atom. The molecular weight excluding hydrogens is 238 g/mol. The molecule has 1 aliphatic rings. The second-order valence-electron chi connectivity index (χ2n) is 3.90. The van der Waals surface area contributed by atoms with E-state index in [1.54, 1.807) is 0 Å². The molecule has 1 heterocycles. The van der Waals surface area contributed by atoms with E-state index in [2.05, 4.69) is 5.32 Å². The van der Waals surface area contributed by atoms with Gasteiger partial charge in [-0.25, -0.2) is 4.79 Å². The smallest absolute Gasteiger partial charge is 0.412 e. The van der Waals surface area contributed by atoms with Crippen LogP contribution in [0.15, 0.2) is 36.0 Å². The van der Waals surface area contributed by atoms with Crippen molar-refractivity contribution >= 4 is 22.7 Å². The first-order valence-electron chi connectivity index (χ1n) is 5.65. The van der Waals surface area contributed by atoms with Gasteiger partial charge >= 0.3 is 6.09 Å². The molecule has 2 rings (SSSR count). The van der Waals surface area contributed by atoms with Crippen LogP contribution < -0.4 is 5.32 Å². The lowest BCUT2D eigenvalue weighted by molar-refractivity contribution is 0.141. The van der Waals surface area contributed by atoms with Crippen molar-refractivity contribution in [1.29, 1.82) is 0 Å². The average molecular weight is 252 g/mol. The Bertz CT molecular complexity index is 442. The molecular formula is C13H14ClNO2. The van der Waals surface area contributed by atoms with Crippen LogP contribution in [-0.4, -0.2) is 12.2 Å². The Morgan fingerprint density at radius 2 is 2.12 bits per heavy atom. The van der Waals surface area contributed by atoms with Gasteiger partial charge in [-0.3, -0.25) is 5.32 Å². The number of cyclic esters (lactones) is 1. The van der Waals surface area contributed by atoms with Crippen molar-refractivity contribution in [3.8, 4) is 0 Å². The van der Waals surface area contributed by atoms with E-state index in [4.69, 9.17) is 16.3 Å². The molecule has 1 aliphatic heterocycles. The van der Waals surface area contributed by atoms with Gasteiger partial charge in [-0.2, -0.15) is 0 Å². The maximum Gasteiger partial charge on any atom is 0.412 e. The number of benzene rings is 1. The van der Waals surface area contributed by atoms with E-state index < -0.39 is 6.09 Å². The summed E-state index contributed by atoms with van der Waals surface area (Å²) in [5.74, 6) is 0. The van der Waals surface area contributed by atoms with Crippen molar-refractivity contribution in [2.75, 3.05) is 0 Å². The van der Waals surface area contributed by atoms with Gasteiger partial charge in [0.05, 0.1) is 10.7 Å². The van der Waals surface area contributed by atoms with Crippen molar-refractivity contribution in [2.24, 2.45) is 0 Å². The van der Waals surface area contributed by atoms with Crippen LogP contribution in [0.5, 0.6) is 0 Å². The van der Waals surface area contributed by atoms with Crippen LogP contribution in [-0.2, 0) is 4.74 Å². The minimum atomic E-state index is -0.424. The zero-order valence-electron chi connectivity index (χ0n) is 9.57. The van der Waals surface area contributed by atoms with Crippen LogP contribution in [0.1, 0.15) is 25.3 Å². The summed E-state index contributed by atoms with van der Waals surface area (Å²) in [5, 5.41) is 3.22. The fourth-order valence-corrected chi connectivity index (χ4v) is 2.10. The Balaban J connectivity index is 2.32. The molecule has 1 aromatic carbocycles. The minimum Gasteiger partial charge on any atom is -0.440 e. The summed E-state index contributed by atoms with van der Waals surface area (Å²) >= 11 is 6.29. The van der Waals surface area contributed by atoms with Gasteiger partial charge in [0, 0.05) is 0 Å². The third-order valence-corrected chi connectivity index (χ3v) is 3.04. The molecule has 0 radical (unpaired) electrons. The number of carbonyl (C=O) groups is 1. The van der Waals surface area contributed by atoms with Gasteiger partial charge in [-0.1, -0.05) is 55.3 Å². The number of rotatable bonds is 3. The summed E-state index contributed by atoms with van der Waals surface area (Å²) in [7, 11) is 0. The number of amides is 1. The van der Waals surface area contributed by atoms with E-state index in [1.807, 2.05) is 37.3 Å². The lowest BCUT2D eigenvalue weighted by Crippen LogP contribution is -2.14. The lowest BCUT2D eigenvalue weighted by atomic mass is 10.1. The highest BCUT2D eigenvalue weighted by Crippen LogP contribution is 2.29. The highest BCUT2D eigenvalue weighted by molar-refractivity contribution is 6.49. The monoisotopic (exact) mass is 251 g/mol. The Kier molecular flexibility index (Phi) is 3.69. The summed E-state index contributed by atoms with van der Waals surface area (Å²) in [6, 6.07) is 9.55. The van der Waals surface area contributed by atoms with E-state index in [9.17, 15) is 4.79 Å². The molecule has 17 heavy (non-hydrogen) atoms. The molecule has 1 atom stereocenters. The minimum absolute atomic E-state index is 0.250. The Labute approximate surface area is 105 Å². The lowest BCUT2D eigenvalue weighted by Gasteiger charge is -2.10. The van der Waals surface area contributed by atoms with Gasteiger partial charge in [0.2, 0.25) is 0 Å². The van der Waals surface area contributed by atoms with Gasteiger partial charge < -0.3 is 4.74 Å². The summed E-state index contributed by atoms with van der Waals surface area (Å²) in [6.07, 6.45) is 1.03. The van der Waals surface area contributed by atoms with Gasteiger partial charge in [-0.05, 0) is 12.0 Å². The number of hydrogen-bond donors (Lipinski definition) is 1. The highest BCUT2D eigenvalue weighted by Gasteiger charge is 2.30. The molecule has 0 bridgehead atoms. The van der Waals surface area contributed by atoms with E-state index in [0.29, 0.717) is 10.7 Å². The Morgan fingerprint density at radius 1 is 1.41 bits per heavy atom. The average Bonchev–Trinajstić information content (AvgIpc) is 2.71. The maximum atomic E-state index is 11.2. The molecule has 0 saturated carbocycles. The number of hydrogen-bond acceptors (Lipinski definition) is 2. The van der Waals surface area contributed by atoms with E-state index in [1.165, 1.54) is 0 Å². The summed E-state index contributed by atoms with van der Waals surface area (Å²) < 4.78 is 5.16. The molecule has 0 aromatic heterocycles. The van der Waals surface area contributed by atoms with E-state index in [0.717, 1.165) is 18.4 Å². The van der Waals surface area contributed by atoms with Crippen molar-refractivity contribution < 1.29 is 9.53 Å². The molecule has 1 unspecified atom stereocenters. The first kappa shape index (κ1) is 12.0.